The molecule has 0 spiro atoms. The van der Waals surface area contributed by atoms with Gasteiger partial charge in [-0.2, -0.15) is 0 Å². The van der Waals surface area contributed by atoms with Crippen molar-refractivity contribution in [2.24, 2.45) is 5.92 Å². The lowest BCUT2D eigenvalue weighted by atomic mass is 10.00. The molecular formula is C10H20N2O. The fourth-order valence-electron chi connectivity index (χ4n) is 1.90. The Balaban J connectivity index is 1.46. The van der Waals surface area contributed by atoms with Gasteiger partial charge in [-0.05, 0) is 25.2 Å². The van der Waals surface area contributed by atoms with Crippen molar-refractivity contribution in [1.29, 1.82) is 0 Å². The molecule has 1 heterocycles. The van der Waals surface area contributed by atoms with Gasteiger partial charge in [-0.15, -0.1) is 0 Å². The Kier molecular flexibility index (Phi) is 3.19. The quantitative estimate of drug-likeness (QED) is 0.612. The van der Waals surface area contributed by atoms with E-state index in [4.69, 9.17) is 5.11 Å². The third-order valence-electron chi connectivity index (χ3n) is 2.94. The van der Waals surface area contributed by atoms with Crippen LogP contribution in [0.15, 0.2) is 0 Å². The van der Waals surface area contributed by atoms with E-state index in [2.05, 4.69) is 10.2 Å². The Bertz CT molecular complexity index is 153. The van der Waals surface area contributed by atoms with Gasteiger partial charge in [0.1, 0.15) is 0 Å². The zero-order valence-electron chi connectivity index (χ0n) is 8.21. The number of nitrogens with zero attached hydrogens (tertiary/aromatic N) is 1. The molecule has 1 saturated carbocycles. The van der Waals surface area contributed by atoms with Crippen LogP contribution in [0.3, 0.4) is 0 Å². The molecule has 1 saturated heterocycles. The fourth-order valence-corrected chi connectivity index (χ4v) is 1.90. The summed E-state index contributed by atoms with van der Waals surface area (Å²) in [4.78, 5) is 2.43. The number of likely N-dealkylation sites (tertiary alicyclic amines) is 1. The highest BCUT2D eigenvalue weighted by atomic mass is 16.3. The highest BCUT2D eigenvalue weighted by Gasteiger charge is 2.28. The topological polar surface area (TPSA) is 35.5 Å². The molecule has 3 heteroatoms. The second-order valence-electron chi connectivity index (χ2n) is 4.39. The van der Waals surface area contributed by atoms with Gasteiger partial charge in [0, 0.05) is 38.8 Å². The summed E-state index contributed by atoms with van der Waals surface area (Å²) in [6, 6.07) is 0.853. The van der Waals surface area contributed by atoms with Crippen LogP contribution >= 0.6 is 0 Å². The maximum atomic E-state index is 8.65. The highest BCUT2D eigenvalue weighted by molar-refractivity contribution is 4.86. The van der Waals surface area contributed by atoms with Crippen LogP contribution in [0, 0.1) is 5.92 Å². The Labute approximate surface area is 80.1 Å². The molecule has 0 aromatic rings. The summed E-state index contributed by atoms with van der Waals surface area (Å²) in [6.45, 7) is 5.09. The van der Waals surface area contributed by atoms with Crippen LogP contribution < -0.4 is 5.32 Å². The van der Waals surface area contributed by atoms with Crippen molar-refractivity contribution in [1.82, 2.24) is 10.2 Å². The first kappa shape index (κ1) is 9.44. The number of aliphatic hydroxyl groups is 1. The molecule has 0 aromatic heterocycles. The summed E-state index contributed by atoms with van der Waals surface area (Å²) in [6.07, 6.45) is 3.71. The molecule has 1 aliphatic carbocycles. The zero-order chi connectivity index (χ0) is 9.10. The van der Waals surface area contributed by atoms with Crippen LogP contribution in [0.25, 0.3) is 0 Å². The molecule has 76 valence electrons. The summed E-state index contributed by atoms with van der Waals surface area (Å²) < 4.78 is 0. The predicted octanol–water partition coefficient (Wildman–Crippen LogP) is 0.0526. The Hall–Kier alpha value is -0.120. The standard InChI is InChI=1S/C10H20N2O/c13-5-1-4-12-7-9(8-12)6-11-10-2-3-10/h9-11,13H,1-8H2. The smallest absolute Gasteiger partial charge is 0.0443 e. The first-order chi connectivity index (χ1) is 6.38. The molecule has 0 amide bonds. The van der Waals surface area contributed by atoms with Crippen LogP contribution in [-0.4, -0.2) is 48.8 Å². The van der Waals surface area contributed by atoms with Crippen LogP contribution in [0.4, 0.5) is 0 Å². The third-order valence-corrected chi connectivity index (χ3v) is 2.94. The second kappa shape index (κ2) is 4.40. The van der Waals surface area contributed by atoms with Crippen molar-refractivity contribution in [2.75, 3.05) is 32.8 Å². The normalized spacial score (nSPS) is 24.7. The molecule has 2 rings (SSSR count). The van der Waals surface area contributed by atoms with Gasteiger partial charge < -0.3 is 15.3 Å². The van der Waals surface area contributed by atoms with Crippen molar-refractivity contribution < 1.29 is 5.11 Å². The summed E-state index contributed by atoms with van der Waals surface area (Å²) in [7, 11) is 0. The van der Waals surface area contributed by atoms with Crippen molar-refractivity contribution >= 4 is 0 Å². The van der Waals surface area contributed by atoms with E-state index in [9.17, 15) is 0 Å². The number of nitrogens with one attached hydrogen (secondary N) is 1. The van der Waals surface area contributed by atoms with Gasteiger partial charge in [-0.3, -0.25) is 0 Å². The molecule has 1 aliphatic heterocycles. The lowest BCUT2D eigenvalue weighted by Gasteiger charge is -2.39. The minimum absolute atomic E-state index is 0.335. The van der Waals surface area contributed by atoms with Gasteiger partial charge in [0.05, 0.1) is 0 Å². The minimum atomic E-state index is 0.335. The average molecular weight is 184 g/mol. The molecule has 2 aliphatic rings. The first-order valence-electron chi connectivity index (χ1n) is 5.45. The molecule has 2 N–H and O–H groups in total. The maximum absolute atomic E-state index is 8.65. The Morgan fingerprint density at radius 2 is 2.08 bits per heavy atom. The number of hydrogen-bond acceptors (Lipinski definition) is 3. The molecular weight excluding hydrogens is 164 g/mol. The van der Waals surface area contributed by atoms with Gasteiger partial charge in [0.2, 0.25) is 0 Å². The van der Waals surface area contributed by atoms with Gasteiger partial charge >= 0.3 is 0 Å². The lowest BCUT2D eigenvalue weighted by Crippen LogP contribution is -2.51. The molecule has 2 fully saturated rings. The van der Waals surface area contributed by atoms with Crippen LogP contribution in [-0.2, 0) is 0 Å². The largest absolute Gasteiger partial charge is 0.396 e. The third kappa shape index (κ3) is 2.93. The van der Waals surface area contributed by atoms with Crippen LogP contribution in [0.5, 0.6) is 0 Å². The number of hydrogen-bond donors (Lipinski definition) is 2. The summed E-state index contributed by atoms with van der Waals surface area (Å²) in [5.41, 5.74) is 0. The van der Waals surface area contributed by atoms with E-state index in [1.54, 1.807) is 0 Å². The van der Waals surface area contributed by atoms with Gasteiger partial charge in [-0.1, -0.05) is 0 Å². The monoisotopic (exact) mass is 184 g/mol. The van der Waals surface area contributed by atoms with Crippen LogP contribution in [0.1, 0.15) is 19.3 Å². The highest BCUT2D eigenvalue weighted by Crippen LogP contribution is 2.21. The summed E-state index contributed by atoms with van der Waals surface area (Å²) in [5, 5.41) is 12.2. The molecule has 0 bridgehead atoms. The van der Waals surface area contributed by atoms with E-state index in [1.807, 2.05) is 0 Å². The van der Waals surface area contributed by atoms with Crippen molar-refractivity contribution in [2.45, 2.75) is 25.3 Å². The second-order valence-corrected chi connectivity index (χ2v) is 4.39. The Morgan fingerprint density at radius 1 is 1.31 bits per heavy atom. The predicted molar refractivity (Wildman–Crippen MR) is 52.7 cm³/mol. The molecule has 0 unspecified atom stereocenters. The van der Waals surface area contributed by atoms with E-state index in [0.717, 1.165) is 24.9 Å². The van der Waals surface area contributed by atoms with Gasteiger partial charge in [0.25, 0.3) is 0 Å². The molecule has 13 heavy (non-hydrogen) atoms. The molecule has 0 aromatic carbocycles. The average Bonchev–Trinajstić information content (AvgIpc) is 2.84. The van der Waals surface area contributed by atoms with Crippen molar-refractivity contribution in [3.63, 3.8) is 0 Å². The fraction of sp³-hybridized carbons (Fsp3) is 1.00. The van der Waals surface area contributed by atoms with E-state index in [1.165, 1.54) is 32.5 Å². The molecule has 0 radical (unpaired) electrons. The van der Waals surface area contributed by atoms with Crippen LogP contribution in [0.2, 0.25) is 0 Å². The van der Waals surface area contributed by atoms with Gasteiger partial charge in [-0.25, -0.2) is 0 Å². The summed E-state index contributed by atoms with van der Waals surface area (Å²) >= 11 is 0. The van der Waals surface area contributed by atoms with Crippen molar-refractivity contribution in [3.8, 4) is 0 Å². The number of aliphatic hydroxyl groups excluding tert-OH is 1. The maximum Gasteiger partial charge on any atom is 0.0443 e. The van der Waals surface area contributed by atoms with E-state index < -0.39 is 0 Å². The summed E-state index contributed by atoms with van der Waals surface area (Å²) in [5.74, 6) is 0.874. The van der Waals surface area contributed by atoms with E-state index in [0.29, 0.717) is 6.61 Å². The molecule has 3 nitrogen and oxygen atoms in total. The molecule has 0 atom stereocenters. The SMILES string of the molecule is OCCCN1CC(CNC2CC2)C1. The zero-order valence-corrected chi connectivity index (χ0v) is 8.21. The van der Waals surface area contributed by atoms with Gasteiger partial charge in [0.15, 0.2) is 0 Å². The minimum Gasteiger partial charge on any atom is -0.396 e. The lowest BCUT2D eigenvalue weighted by molar-refractivity contribution is 0.0909. The first-order valence-corrected chi connectivity index (χ1v) is 5.45. The van der Waals surface area contributed by atoms with E-state index in [-0.39, 0.29) is 0 Å². The van der Waals surface area contributed by atoms with Crippen molar-refractivity contribution in [3.05, 3.63) is 0 Å². The Morgan fingerprint density at radius 3 is 2.69 bits per heavy atom. The number of rotatable bonds is 6. The van der Waals surface area contributed by atoms with E-state index >= 15 is 0 Å².